The number of halogens is 1. The van der Waals surface area contributed by atoms with Crippen LogP contribution in [0.15, 0.2) is 30.3 Å². The SMILES string of the molecule is BrCCCOc1ccccc1.CC(C=O)CC(=O)O. The Kier molecular flexibility index (Phi) is 10.9. The monoisotopic (exact) mass is 330 g/mol. The summed E-state index contributed by atoms with van der Waals surface area (Å²) in [5, 5.41) is 9.06. The molecule has 5 heteroatoms. The van der Waals surface area contributed by atoms with Crippen LogP contribution in [0.5, 0.6) is 5.75 Å². The fourth-order valence-corrected chi connectivity index (χ4v) is 1.31. The van der Waals surface area contributed by atoms with Crippen molar-refractivity contribution in [1.29, 1.82) is 0 Å². The predicted molar refractivity (Wildman–Crippen MR) is 77.8 cm³/mol. The first-order valence-corrected chi connectivity index (χ1v) is 7.13. The van der Waals surface area contributed by atoms with E-state index < -0.39 is 5.97 Å². The number of hydrogen-bond acceptors (Lipinski definition) is 3. The Bertz CT molecular complexity index is 354. The summed E-state index contributed by atoms with van der Waals surface area (Å²) in [5.74, 6) is -0.328. The second-order valence-corrected chi connectivity index (χ2v) is 4.71. The van der Waals surface area contributed by atoms with E-state index in [1.165, 1.54) is 0 Å². The third-order valence-electron chi connectivity index (χ3n) is 2.02. The van der Waals surface area contributed by atoms with Crippen molar-refractivity contribution in [2.24, 2.45) is 5.92 Å². The van der Waals surface area contributed by atoms with Gasteiger partial charge in [-0.3, -0.25) is 4.79 Å². The molecule has 0 radical (unpaired) electrons. The van der Waals surface area contributed by atoms with E-state index >= 15 is 0 Å². The second-order valence-electron chi connectivity index (χ2n) is 3.92. The van der Waals surface area contributed by atoms with E-state index in [0.717, 1.165) is 24.1 Å². The van der Waals surface area contributed by atoms with Gasteiger partial charge in [-0.1, -0.05) is 41.1 Å². The Labute approximate surface area is 121 Å². The van der Waals surface area contributed by atoms with Crippen molar-refractivity contribution in [2.75, 3.05) is 11.9 Å². The van der Waals surface area contributed by atoms with Crippen LogP contribution in [0.3, 0.4) is 0 Å². The molecule has 1 N–H and O–H groups in total. The summed E-state index contributed by atoms with van der Waals surface area (Å²) in [7, 11) is 0. The average Bonchev–Trinajstić information content (AvgIpc) is 2.40. The molecule has 1 aromatic carbocycles. The third-order valence-corrected chi connectivity index (χ3v) is 2.58. The number of carbonyl (C=O) groups excluding carboxylic acids is 1. The van der Waals surface area contributed by atoms with Crippen LogP contribution in [0.25, 0.3) is 0 Å². The molecule has 1 aromatic rings. The molecule has 106 valence electrons. The lowest BCUT2D eigenvalue weighted by molar-refractivity contribution is -0.139. The zero-order valence-corrected chi connectivity index (χ0v) is 12.5. The van der Waals surface area contributed by atoms with E-state index in [1.807, 2.05) is 30.3 Å². The van der Waals surface area contributed by atoms with E-state index in [1.54, 1.807) is 6.92 Å². The van der Waals surface area contributed by atoms with Crippen LogP contribution in [-0.2, 0) is 9.59 Å². The van der Waals surface area contributed by atoms with E-state index in [-0.39, 0.29) is 12.3 Å². The highest BCUT2D eigenvalue weighted by Gasteiger charge is 2.03. The maximum atomic E-state index is 9.81. The Balaban J connectivity index is 0.000000362. The maximum absolute atomic E-state index is 9.81. The van der Waals surface area contributed by atoms with E-state index in [0.29, 0.717) is 6.29 Å². The van der Waals surface area contributed by atoms with Gasteiger partial charge in [0, 0.05) is 11.2 Å². The Morgan fingerprint density at radius 2 is 2.05 bits per heavy atom. The molecule has 0 aliphatic rings. The van der Waals surface area contributed by atoms with Gasteiger partial charge in [0.2, 0.25) is 0 Å². The summed E-state index contributed by atoms with van der Waals surface area (Å²) >= 11 is 3.34. The van der Waals surface area contributed by atoms with Gasteiger partial charge in [-0.25, -0.2) is 0 Å². The van der Waals surface area contributed by atoms with Gasteiger partial charge in [0.15, 0.2) is 0 Å². The highest BCUT2D eigenvalue weighted by molar-refractivity contribution is 9.09. The van der Waals surface area contributed by atoms with Crippen LogP contribution in [0.1, 0.15) is 19.8 Å². The lowest BCUT2D eigenvalue weighted by atomic mass is 10.1. The highest BCUT2D eigenvalue weighted by Crippen LogP contribution is 2.08. The molecule has 4 nitrogen and oxygen atoms in total. The van der Waals surface area contributed by atoms with Crippen molar-refractivity contribution >= 4 is 28.2 Å². The number of ether oxygens (including phenoxy) is 1. The minimum Gasteiger partial charge on any atom is -0.494 e. The molecule has 1 rings (SSSR count). The average molecular weight is 331 g/mol. The number of carboxylic acids is 1. The zero-order valence-electron chi connectivity index (χ0n) is 10.9. The lowest BCUT2D eigenvalue weighted by Crippen LogP contribution is -2.04. The predicted octanol–water partition coefficient (Wildman–Crippen LogP) is 3.15. The fraction of sp³-hybridized carbons (Fsp3) is 0.429. The summed E-state index contributed by atoms with van der Waals surface area (Å²) in [6.07, 6.45) is 1.62. The van der Waals surface area contributed by atoms with Gasteiger partial charge < -0.3 is 14.6 Å². The van der Waals surface area contributed by atoms with Gasteiger partial charge in [-0.05, 0) is 18.6 Å². The first kappa shape index (κ1) is 17.6. The summed E-state index contributed by atoms with van der Waals surface area (Å²) in [6.45, 7) is 2.36. The zero-order chi connectivity index (χ0) is 14.5. The quantitative estimate of drug-likeness (QED) is 0.474. The summed E-state index contributed by atoms with van der Waals surface area (Å²) in [5.41, 5.74) is 0. The minimum atomic E-state index is -0.926. The second kappa shape index (κ2) is 11.7. The number of hydrogen-bond donors (Lipinski definition) is 1. The van der Waals surface area contributed by atoms with Gasteiger partial charge in [0.1, 0.15) is 12.0 Å². The van der Waals surface area contributed by atoms with Crippen molar-refractivity contribution in [3.05, 3.63) is 30.3 Å². The summed E-state index contributed by atoms with van der Waals surface area (Å²) in [4.78, 5) is 19.6. The van der Waals surface area contributed by atoms with Gasteiger partial charge in [0.05, 0.1) is 13.0 Å². The fourth-order valence-electron chi connectivity index (χ4n) is 1.08. The Morgan fingerprint density at radius 1 is 1.42 bits per heavy atom. The molecule has 0 amide bonds. The maximum Gasteiger partial charge on any atom is 0.304 e. The number of aldehydes is 1. The molecule has 0 aliphatic heterocycles. The molecule has 0 spiro atoms. The molecule has 1 atom stereocenters. The van der Waals surface area contributed by atoms with Gasteiger partial charge in [-0.2, -0.15) is 0 Å². The van der Waals surface area contributed by atoms with Crippen LogP contribution in [0, 0.1) is 5.92 Å². The Hall–Kier alpha value is -1.36. The van der Waals surface area contributed by atoms with Gasteiger partial charge >= 0.3 is 5.97 Å². The number of benzene rings is 1. The number of para-hydroxylation sites is 1. The van der Waals surface area contributed by atoms with Crippen LogP contribution < -0.4 is 4.74 Å². The molecule has 0 fully saturated rings. The largest absolute Gasteiger partial charge is 0.494 e. The van der Waals surface area contributed by atoms with Gasteiger partial charge in [0.25, 0.3) is 0 Å². The third kappa shape index (κ3) is 11.5. The highest BCUT2D eigenvalue weighted by atomic mass is 79.9. The Morgan fingerprint density at radius 3 is 2.47 bits per heavy atom. The van der Waals surface area contributed by atoms with Crippen LogP contribution in [0.2, 0.25) is 0 Å². The molecule has 19 heavy (non-hydrogen) atoms. The van der Waals surface area contributed by atoms with Crippen molar-refractivity contribution in [2.45, 2.75) is 19.8 Å². The minimum absolute atomic E-state index is 0.0660. The molecule has 0 saturated heterocycles. The van der Waals surface area contributed by atoms with Gasteiger partial charge in [-0.15, -0.1) is 0 Å². The molecule has 0 heterocycles. The van der Waals surface area contributed by atoms with Crippen LogP contribution >= 0.6 is 15.9 Å². The smallest absolute Gasteiger partial charge is 0.304 e. The molecular weight excluding hydrogens is 312 g/mol. The standard InChI is InChI=1S/C9H11BrO.C5H8O3/c10-7-4-8-11-9-5-2-1-3-6-9;1-4(3-6)2-5(7)8/h1-3,5-6H,4,7-8H2;3-4H,2H2,1H3,(H,7,8). The summed E-state index contributed by atoms with van der Waals surface area (Å²) < 4.78 is 5.42. The van der Waals surface area contributed by atoms with E-state index in [2.05, 4.69) is 15.9 Å². The van der Waals surface area contributed by atoms with E-state index in [4.69, 9.17) is 9.84 Å². The lowest BCUT2D eigenvalue weighted by Gasteiger charge is -2.02. The number of rotatable bonds is 7. The van der Waals surface area contributed by atoms with E-state index in [9.17, 15) is 9.59 Å². The number of alkyl halides is 1. The van der Waals surface area contributed by atoms with Crippen LogP contribution in [0.4, 0.5) is 0 Å². The van der Waals surface area contributed by atoms with Crippen molar-refractivity contribution in [3.8, 4) is 5.75 Å². The molecular formula is C14H19BrO4. The molecule has 0 aromatic heterocycles. The normalized spacial score (nSPS) is 10.8. The number of carbonyl (C=O) groups is 2. The molecule has 0 bridgehead atoms. The molecule has 1 unspecified atom stereocenters. The first-order chi connectivity index (χ1) is 9.10. The number of aliphatic carboxylic acids is 1. The first-order valence-electron chi connectivity index (χ1n) is 6.01. The molecule has 0 saturated carbocycles. The van der Waals surface area contributed by atoms with Crippen LogP contribution in [-0.4, -0.2) is 29.3 Å². The van der Waals surface area contributed by atoms with Crippen molar-refractivity contribution in [3.63, 3.8) is 0 Å². The van der Waals surface area contributed by atoms with Crippen molar-refractivity contribution in [1.82, 2.24) is 0 Å². The number of carboxylic acid groups (broad SMARTS) is 1. The molecule has 0 aliphatic carbocycles. The topological polar surface area (TPSA) is 63.6 Å². The summed E-state index contributed by atoms with van der Waals surface area (Å²) in [6, 6.07) is 9.87. The van der Waals surface area contributed by atoms with Crippen molar-refractivity contribution < 1.29 is 19.4 Å².